The number of carbonyl (C=O) groups is 1. The number of rotatable bonds is 4. The van der Waals surface area contributed by atoms with Crippen LogP contribution in [0.25, 0.3) is 5.57 Å². The SMILES string of the molecule is C[Si](C)(C#Cc1ccccc1)/C=C(/C(=O)Nc1ccc(Cl)cc1)c1ccccc1. The third kappa shape index (κ3) is 6.22. The first-order valence-electron chi connectivity index (χ1n) is 9.36. The molecule has 0 fully saturated rings. The van der Waals surface area contributed by atoms with Gasteiger partial charge in [0.15, 0.2) is 8.07 Å². The summed E-state index contributed by atoms with van der Waals surface area (Å²) in [5.41, 5.74) is 8.67. The van der Waals surface area contributed by atoms with Crippen molar-refractivity contribution >= 4 is 36.8 Å². The molecular weight excluding hydrogens is 394 g/mol. The Morgan fingerprint density at radius 1 is 0.897 bits per heavy atom. The van der Waals surface area contributed by atoms with Gasteiger partial charge in [-0.15, -0.1) is 5.54 Å². The predicted octanol–water partition coefficient (Wildman–Crippen LogP) is 6.20. The van der Waals surface area contributed by atoms with Gasteiger partial charge in [0.25, 0.3) is 5.91 Å². The Bertz CT molecular complexity index is 1060. The number of amides is 1. The van der Waals surface area contributed by atoms with Gasteiger partial charge in [-0.3, -0.25) is 4.79 Å². The molecular formula is C25H22ClNOSi. The second-order valence-electron chi connectivity index (χ2n) is 7.22. The molecule has 0 heterocycles. The van der Waals surface area contributed by atoms with Gasteiger partial charge < -0.3 is 5.32 Å². The molecule has 0 unspecified atom stereocenters. The van der Waals surface area contributed by atoms with Crippen LogP contribution in [-0.4, -0.2) is 14.0 Å². The molecule has 0 aromatic heterocycles. The molecule has 0 saturated carbocycles. The smallest absolute Gasteiger partial charge is 0.255 e. The highest BCUT2D eigenvalue weighted by atomic mass is 35.5. The van der Waals surface area contributed by atoms with Gasteiger partial charge in [0, 0.05) is 21.8 Å². The maximum absolute atomic E-state index is 13.1. The quantitative estimate of drug-likeness (QED) is 0.306. The van der Waals surface area contributed by atoms with Crippen LogP contribution in [-0.2, 0) is 4.79 Å². The van der Waals surface area contributed by atoms with Crippen molar-refractivity contribution in [2.45, 2.75) is 13.1 Å². The maximum Gasteiger partial charge on any atom is 0.255 e. The van der Waals surface area contributed by atoms with Crippen molar-refractivity contribution < 1.29 is 4.79 Å². The van der Waals surface area contributed by atoms with Crippen LogP contribution in [0.15, 0.2) is 90.6 Å². The summed E-state index contributed by atoms with van der Waals surface area (Å²) in [6.07, 6.45) is 0. The highest BCUT2D eigenvalue weighted by molar-refractivity contribution is 6.90. The summed E-state index contributed by atoms with van der Waals surface area (Å²) < 4.78 is 0. The van der Waals surface area contributed by atoms with Crippen LogP contribution in [0.5, 0.6) is 0 Å². The van der Waals surface area contributed by atoms with E-state index >= 15 is 0 Å². The fraction of sp³-hybridized carbons (Fsp3) is 0.0800. The molecule has 0 spiro atoms. The molecule has 4 heteroatoms. The summed E-state index contributed by atoms with van der Waals surface area (Å²) in [7, 11) is -2.13. The average molecular weight is 416 g/mol. The molecule has 3 aromatic carbocycles. The molecule has 0 aliphatic rings. The van der Waals surface area contributed by atoms with Crippen molar-refractivity contribution in [1.29, 1.82) is 0 Å². The normalized spacial score (nSPS) is 11.3. The van der Waals surface area contributed by atoms with E-state index in [-0.39, 0.29) is 5.91 Å². The molecule has 0 aliphatic heterocycles. The molecule has 3 aromatic rings. The van der Waals surface area contributed by atoms with Crippen LogP contribution in [0.2, 0.25) is 18.1 Å². The van der Waals surface area contributed by atoms with Gasteiger partial charge in [0.1, 0.15) is 0 Å². The molecule has 2 nitrogen and oxygen atoms in total. The lowest BCUT2D eigenvalue weighted by molar-refractivity contribution is -0.111. The van der Waals surface area contributed by atoms with E-state index in [0.717, 1.165) is 11.1 Å². The topological polar surface area (TPSA) is 29.1 Å². The third-order valence-electron chi connectivity index (χ3n) is 4.24. The van der Waals surface area contributed by atoms with Crippen LogP contribution in [0.3, 0.4) is 0 Å². The number of benzene rings is 3. The van der Waals surface area contributed by atoms with Crippen molar-refractivity contribution in [3.8, 4) is 11.5 Å². The van der Waals surface area contributed by atoms with E-state index in [1.165, 1.54) is 0 Å². The standard InChI is InChI=1S/C25H22ClNOSi/c1-29(2,18-17-20-9-5-3-6-10-20)19-24(21-11-7-4-8-12-21)25(28)27-23-15-13-22(26)14-16-23/h3-16,19H,1-2H3,(H,27,28)/b24-19+. The van der Waals surface area contributed by atoms with Crippen molar-refractivity contribution in [3.63, 3.8) is 0 Å². The van der Waals surface area contributed by atoms with Crippen molar-refractivity contribution in [1.82, 2.24) is 0 Å². The summed E-state index contributed by atoms with van der Waals surface area (Å²) in [5, 5.41) is 3.60. The van der Waals surface area contributed by atoms with E-state index in [2.05, 4.69) is 35.6 Å². The average Bonchev–Trinajstić information content (AvgIpc) is 2.74. The van der Waals surface area contributed by atoms with Crippen molar-refractivity contribution in [2.75, 3.05) is 5.32 Å². The third-order valence-corrected chi connectivity index (χ3v) is 6.27. The van der Waals surface area contributed by atoms with Gasteiger partial charge in [0.05, 0.1) is 0 Å². The van der Waals surface area contributed by atoms with E-state index in [1.807, 2.05) is 60.7 Å². The minimum Gasteiger partial charge on any atom is -0.322 e. The number of anilines is 1. The number of carbonyl (C=O) groups excluding carboxylic acids is 1. The van der Waals surface area contributed by atoms with E-state index in [1.54, 1.807) is 24.3 Å². The van der Waals surface area contributed by atoms with E-state index < -0.39 is 8.07 Å². The highest BCUT2D eigenvalue weighted by Crippen LogP contribution is 2.21. The van der Waals surface area contributed by atoms with Crippen molar-refractivity contribution in [3.05, 3.63) is 107 Å². The van der Waals surface area contributed by atoms with Crippen LogP contribution < -0.4 is 5.32 Å². The minimum absolute atomic E-state index is 0.152. The predicted molar refractivity (Wildman–Crippen MR) is 125 cm³/mol. The molecule has 0 radical (unpaired) electrons. The lowest BCUT2D eigenvalue weighted by Gasteiger charge is -2.15. The van der Waals surface area contributed by atoms with E-state index in [9.17, 15) is 4.79 Å². The summed E-state index contributed by atoms with van der Waals surface area (Å²) in [5.74, 6) is 3.11. The lowest BCUT2D eigenvalue weighted by atomic mass is 10.1. The minimum atomic E-state index is -2.13. The van der Waals surface area contributed by atoms with Gasteiger partial charge in [-0.25, -0.2) is 0 Å². The van der Waals surface area contributed by atoms with Gasteiger partial charge in [-0.2, -0.15) is 0 Å². The monoisotopic (exact) mass is 415 g/mol. The number of halogens is 1. The molecule has 1 amide bonds. The van der Waals surface area contributed by atoms with Crippen LogP contribution >= 0.6 is 11.6 Å². The zero-order valence-corrected chi connectivity index (χ0v) is 18.2. The van der Waals surface area contributed by atoms with Crippen LogP contribution in [0.1, 0.15) is 11.1 Å². The Morgan fingerprint density at radius 2 is 1.48 bits per heavy atom. The summed E-state index contributed by atoms with van der Waals surface area (Å²) >= 11 is 5.95. The first-order valence-corrected chi connectivity index (χ1v) is 12.8. The Kier molecular flexibility index (Phi) is 6.72. The van der Waals surface area contributed by atoms with Gasteiger partial charge in [-0.1, -0.05) is 84.8 Å². The fourth-order valence-corrected chi connectivity index (χ4v) is 4.47. The fourth-order valence-electron chi connectivity index (χ4n) is 2.78. The Labute approximate surface area is 178 Å². The Hall–Kier alpha value is -3.06. The second-order valence-corrected chi connectivity index (χ2v) is 11.6. The molecule has 3 rings (SSSR count). The second kappa shape index (κ2) is 9.42. The zero-order chi connectivity index (χ0) is 20.7. The van der Waals surface area contributed by atoms with E-state index in [0.29, 0.717) is 16.3 Å². The van der Waals surface area contributed by atoms with Crippen LogP contribution in [0.4, 0.5) is 5.69 Å². The molecule has 0 bridgehead atoms. The molecule has 0 saturated heterocycles. The molecule has 29 heavy (non-hydrogen) atoms. The van der Waals surface area contributed by atoms with Crippen LogP contribution in [0, 0.1) is 11.5 Å². The van der Waals surface area contributed by atoms with Gasteiger partial charge >= 0.3 is 0 Å². The zero-order valence-electron chi connectivity index (χ0n) is 16.4. The lowest BCUT2D eigenvalue weighted by Crippen LogP contribution is -2.24. The highest BCUT2D eigenvalue weighted by Gasteiger charge is 2.21. The number of hydrogen-bond donors (Lipinski definition) is 1. The Morgan fingerprint density at radius 3 is 2.10 bits per heavy atom. The van der Waals surface area contributed by atoms with Crippen molar-refractivity contribution in [2.24, 2.45) is 0 Å². The van der Waals surface area contributed by atoms with E-state index in [4.69, 9.17) is 11.6 Å². The summed E-state index contributed by atoms with van der Waals surface area (Å²) in [4.78, 5) is 13.1. The first-order chi connectivity index (χ1) is 13.9. The first kappa shape index (κ1) is 20.7. The maximum atomic E-state index is 13.1. The molecule has 0 atom stereocenters. The summed E-state index contributed by atoms with van der Waals surface area (Å²) in [6, 6.07) is 26.7. The van der Waals surface area contributed by atoms with Gasteiger partial charge in [0.2, 0.25) is 0 Å². The molecule has 0 aliphatic carbocycles. The molecule has 1 N–H and O–H groups in total. The largest absolute Gasteiger partial charge is 0.322 e. The van der Waals surface area contributed by atoms with Gasteiger partial charge in [-0.05, 0) is 42.0 Å². The Balaban J connectivity index is 1.93. The summed E-state index contributed by atoms with van der Waals surface area (Å²) in [6.45, 7) is 4.28. The number of nitrogens with one attached hydrogen (secondary N) is 1. The number of hydrogen-bond acceptors (Lipinski definition) is 1. The molecule has 144 valence electrons.